The number of benzene rings is 3. The largest absolute Gasteiger partial charge is 0.449 e. The lowest BCUT2D eigenvalue weighted by molar-refractivity contribution is 0.0703. The molecule has 1 aliphatic rings. The Morgan fingerprint density at radius 2 is 1.53 bits per heavy atom. The van der Waals surface area contributed by atoms with E-state index in [1.807, 2.05) is 12.1 Å². The Labute approximate surface area is 178 Å². The van der Waals surface area contributed by atoms with E-state index in [1.54, 1.807) is 48.5 Å². The number of imide groups is 1. The number of esters is 1. The van der Waals surface area contributed by atoms with Gasteiger partial charge in [-0.25, -0.2) is 9.69 Å². The fourth-order valence-corrected chi connectivity index (χ4v) is 3.74. The van der Waals surface area contributed by atoms with Crippen molar-refractivity contribution in [3.8, 4) is 5.75 Å². The van der Waals surface area contributed by atoms with Crippen molar-refractivity contribution < 1.29 is 23.5 Å². The number of carbonyl (C=O) groups is 3. The molecule has 4 aromatic rings. The fraction of sp³-hybridized carbons (Fsp3) is 0. The van der Waals surface area contributed by atoms with Crippen molar-refractivity contribution in [2.45, 2.75) is 0 Å². The highest BCUT2D eigenvalue weighted by Gasteiger charge is 2.36. The molecule has 7 heteroatoms. The topological polar surface area (TPSA) is 76.8 Å². The van der Waals surface area contributed by atoms with Gasteiger partial charge in [0.15, 0.2) is 0 Å². The van der Waals surface area contributed by atoms with Gasteiger partial charge in [0, 0.05) is 9.86 Å². The van der Waals surface area contributed by atoms with Gasteiger partial charge in [0.2, 0.25) is 5.76 Å². The van der Waals surface area contributed by atoms with E-state index in [9.17, 15) is 14.4 Å². The van der Waals surface area contributed by atoms with Crippen LogP contribution in [0.1, 0.15) is 31.3 Å². The van der Waals surface area contributed by atoms with E-state index in [0.717, 1.165) is 14.8 Å². The summed E-state index contributed by atoms with van der Waals surface area (Å²) in [6, 6.07) is 19.9. The second-order valence-electron chi connectivity index (χ2n) is 6.67. The highest BCUT2D eigenvalue weighted by Crippen LogP contribution is 2.30. The van der Waals surface area contributed by atoms with Crippen LogP contribution in [0, 0.1) is 0 Å². The van der Waals surface area contributed by atoms with E-state index in [1.165, 1.54) is 12.1 Å². The van der Waals surface area contributed by atoms with E-state index < -0.39 is 5.97 Å². The van der Waals surface area contributed by atoms with Crippen LogP contribution in [-0.4, -0.2) is 17.8 Å². The standard InChI is InChI=1S/C23H12BrNO5/c24-14-5-10-19-13(11-14)12-20(30-19)23(28)29-16-8-6-15(7-9-16)25-21(26)17-3-1-2-4-18(17)22(25)27/h1-12H. The third kappa shape index (κ3) is 3.00. The minimum Gasteiger partial charge on any atom is -0.449 e. The van der Waals surface area contributed by atoms with E-state index in [-0.39, 0.29) is 23.3 Å². The van der Waals surface area contributed by atoms with Gasteiger partial charge in [-0.15, -0.1) is 0 Å². The summed E-state index contributed by atoms with van der Waals surface area (Å²) in [5.41, 5.74) is 1.71. The summed E-state index contributed by atoms with van der Waals surface area (Å²) < 4.78 is 11.8. The number of nitrogens with zero attached hydrogens (tertiary/aromatic N) is 1. The first-order chi connectivity index (χ1) is 14.5. The summed E-state index contributed by atoms with van der Waals surface area (Å²) in [4.78, 5) is 38.7. The van der Waals surface area contributed by atoms with Gasteiger partial charge >= 0.3 is 5.97 Å². The Bertz CT molecular complexity index is 1300. The molecule has 0 radical (unpaired) electrons. The SMILES string of the molecule is O=C(Oc1ccc(N2C(=O)c3ccccc3C2=O)cc1)c1cc2cc(Br)ccc2o1. The van der Waals surface area contributed by atoms with Crippen molar-refractivity contribution in [1.29, 1.82) is 0 Å². The normalized spacial score (nSPS) is 13.0. The molecule has 30 heavy (non-hydrogen) atoms. The van der Waals surface area contributed by atoms with Crippen LogP contribution in [0.3, 0.4) is 0 Å². The lowest BCUT2D eigenvalue weighted by Gasteiger charge is -2.14. The van der Waals surface area contributed by atoms with Crippen molar-refractivity contribution in [2.75, 3.05) is 4.90 Å². The van der Waals surface area contributed by atoms with Crippen LogP contribution >= 0.6 is 15.9 Å². The van der Waals surface area contributed by atoms with Crippen LogP contribution in [0.5, 0.6) is 5.75 Å². The summed E-state index contributed by atoms with van der Waals surface area (Å²) in [5.74, 6) is -1.06. The van der Waals surface area contributed by atoms with Crippen LogP contribution in [-0.2, 0) is 0 Å². The zero-order chi connectivity index (χ0) is 20.8. The van der Waals surface area contributed by atoms with Crippen molar-refractivity contribution >= 4 is 50.4 Å². The van der Waals surface area contributed by atoms with Crippen molar-refractivity contribution in [2.24, 2.45) is 0 Å². The summed E-state index contributed by atoms with van der Waals surface area (Å²) in [5, 5.41) is 0.775. The smallest absolute Gasteiger partial charge is 0.379 e. The molecular weight excluding hydrogens is 450 g/mol. The molecule has 3 aromatic carbocycles. The average molecular weight is 462 g/mol. The molecule has 0 spiro atoms. The lowest BCUT2D eigenvalue weighted by atomic mass is 10.1. The van der Waals surface area contributed by atoms with E-state index in [4.69, 9.17) is 9.15 Å². The predicted octanol–water partition coefficient (Wildman–Crippen LogP) is 5.22. The highest BCUT2D eigenvalue weighted by atomic mass is 79.9. The van der Waals surface area contributed by atoms with Gasteiger partial charge < -0.3 is 9.15 Å². The van der Waals surface area contributed by atoms with Crippen LogP contribution in [0.2, 0.25) is 0 Å². The van der Waals surface area contributed by atoms with Gasteiger partial charge in [0.1, 0.15) is 11.3 Å². The second-order valence-corrected chi connectivity index (χ2v) is 7.58. The van der Waals surface area contributed by atoms with Gasteiger partial charge in [-0.3, -0.25) is 9.59 Å². The molecule has 0 atom stereocenters. The molecule has 1 aromatic heterocycles. The summed E-state index contributed by atoms with van der Waals surface area (Å²) >= 11 is 3.38. The molecule has 1 aliphatic heterocycles. The third-order valence-electron chi connectivity index (χ3n) is 4.78. The van der Waals surface area contributed by atoms with Gasteiger partial charge in [0.05, 0.1) is 16.8 Å². The Morgan fingerprint density at radius 1 is 0.867 bits per heavy atom. The monoisotopic (exact) mass is 461 g/mol. The number of fused-ring (bicyclic) bond motifs is 2. The molecule has 0 unspecified atom stereocenters. The molecule has 0 fully saturated rings. The van der Waals surface area contributed by atoms with Crippen LogP contribution in [0.25, 0.3) is 11.0 Å². The summed E-state index contributed by atoms with van der Waals surface area (Å²) in [6.45, 7) is 0. The van der Waals surface area contributed by atoms with Gasteiger partial charge in [-0.1, -0.05) is 28.1 Å². The first-order valence-corrected chi connectivity index (χ1v) is 9.80. The average Bonchev–Trinajstić information content (AvgIpc) is 3.28. The second kappa shape index (κ2) is 6.96. The van der Waals surface area contributed by atoms with Crippen molar-refractivity contribution in [3.63, 3.8) is 0 Å². The van der Waals surface area contributed by atoms with Gasteiger partial charge in [0.25, 0.3) is 11.8 Å². The molecule has 0 saturated carbocycles. The predicted molar refractivity (Wildman–Crippen MR) is 113 cm³/mol. The molecule has 2 amide bonds. The summed E-state index contributed by atoms with van der Waals surface area (Å²) in [7, 11) is 0. The molecular formula is C23H12BrNO5. The molecule has 0 saturated heterocycles. The highest BCUT2D eigenvalue weighted by molar-refractivity contribution is 9.10. The minimum atomic E-state index is -0.643. The zero-order valence-corrected chi connectivity index (χ0v) is 16.9. The third-order valence-corrected chi connectivity index (χ3v) is 5.27. The quantitative estimate of drug-likeness (QED) is 0.237. The first kappa shape index (κ1) is 18.3. The molecule has 5 rings (SSSR count). The van der Waals surface area contributed by atoms with Crippen LogP contribution in [0.15, 0.2) is 81.7 Å². The molecule has 0 N–H and O–H groups in total. The van der Waals surface area contributed by atoms with Crippen molar-refractivity contribution in [1.82, 2.24) is 0 Å². The van der Waals surface area contributed by atoms with Crippen molar-refractivity contribution in [3.05, 3.63) is 94.2 Å². The number of hydrogen-bond acceptors (Lipinski definition) is 5. The maximum atomic E-state index is 12.6. The number of ether oxygens (including phenoxy) is 1. The first-order valence-electron chi connectivity index (χ1n) is 9.00. The van der Waals surface area contributed by atoms with Gasteiger partial charge in [-0.2, -0.15) is 0 Å². The number of anilines is 1. The molecule has 2 heterocycles. The number of rotatable bonds is 3. The van der Waals surface area contributed by atoms with E-state index in [0.29, 0.717) is 22.4 Å². The molecule has 0 aliphatic carbocycles. The Kier molecular flexibility index (Phi) is 4.25. The maximum absolute atomic E-state index is 12.6. The zero-order valence-electron chi connectivity index (χ0n) is 15.3. The number of halogens is 1. The fourth-order valence-electron chi connectivity index (χ4n) is 3.36. The molecule has 146 valence electrons. The minimum absolute atomic E-state index is 0.0764. The van der Waals surface area contributed by atoms with Crippen LogP contribution in [0.4, 0.5) is 5.69 Å². The molecule has 6 nitrogen and oxygen atoms in total. The van der Waals surface area contributed by atoms with Crippen LogP contribution < -0.4 is 9.64 Å². The summed E-state index contributed by atoms with van der Waals surface area (Å²) in [6.07, 6.45) is 0. The lowest BCUT2D eigenvalue weighted by Crippen LogP contribution is -2.29. The number of hydrogen-bond donors (Lipinski definition) is 0. The number of amides is 2. The Hall–Kier alpha value is -3.71. The number of carbonyl (C=O) groups excluding carboxylic acids is 3. The number of furan rings is 1. The Balaban J connectivity index is 1.36. The maximum Gasteiger partial charge on any atom is 0.379 e. The molecule has 0 bridgehead atoms. The Morgan fingerprint density at radius 3 is 2.20 bits per heavy atom. The van der Waals surface area contributed by atoms with E-state index in [2.05, 4.69) is 15.9 Å². The van der Waals surface area contributed by atoms with E-state index >= 15 is 0 Å². The van der Waals surface area contributed by atoms with Gasteiger partial charge in [-0.05, 0) is 60.7 Å².